The van der Waals surface area contributed by atoms with E-state index in [2.05, 4.69) is 15.6 Å². The summed E-state index contributed by atoms with van der Waals surface area (Å²) in [4.78, 5) is 30.6. The Balaban J connectivity index is 0.00000243. The number of nitrogens with one attached hydrogen (secondary N) is 2. The monoisotopic (exact) mass is 394 g/mol. The maximum atomic E-state index is 12.6. The van der Waals surface area contributed by atoms with Gasteiger partial charge in [0.25, 0.3) is 5.91 Å². The molecule has 3 heterocycles. The molecule has 1 atom stereocenters. The lowest BCUT2D eigenvalue weighted by molar-refractivity contribution is -0.134. The van der Waals surface area contributed by atoms with Crippen molar-refractivity contribution >= 4 is 35.6 Å². The average Bonchev–Trinajstić information content (AvgIpc) is 3.20. The summed E-state index contributed by atoms with van der Waals surface area (Å²) in [6.45, 7) is 2.74. The molecule has 1 saturated heterocycles. The van der Waals surface area contributed by atoms with Gasteiger partial charge >= 0.3 is 0 Å². The maximum Gasteiger partial charge on any atom is 0.252 e. The Hall–Kier alpha value is -1.96. The normalized spacial score (nSPS) is 16.6. The minimum absolute atomic E-state index is 0. The van der Waals surface area contributed by atoms with E-state index < -0.39 is 0 Å². The molecular formula is C18H23ClN4O2S. The first-order valence-corrected chi connectivity index (χ1v) is 9.40. The molecule has 2 aromatic rings. The highest BCUT2D eigenvalue weighted by Crippen LogP contribution is 2.22. The maximum absolute atomic E-state index is 12.6. The SMILES string of the molecule is Cl.O=C(NCCCC(=O)N1CCNCC1c1cccnc1)c1ccsc1. The zero-order valence-electron chi connectivity index (χ0n) is 14.4. The van der Waals surface area contributed by atoms with Crippen molar-refractivity contribution in [3.05, 3.63) is 52.5 Å². The lowest BCUT2D eigenvalue weighted by Gasteiger charge is -2.36. The minimum Gasteiger partial charge on any atom is -0.352 e. The van der Waals surface area contributed by atoms with Crippen LogP contribution in [0.3, 0.4) is 0 Å². The van der Waals surface area contributed by atoms with Crippen molar-refractivity contribution in [2.75, 3.05) is 26.2 Å². The molecule has 0 aliphatic carbocycles. The van der Waals surface area contributed by atoms with Crippen molar-refractivity contribution in [1.82, 2.24) is 20.5 Å². The largest absolute Gasteiger partial charge is 0.352 e. The number of thiophene rings is 1. The highest BCUT2D eigenvalue weighted by Gasteiger charge is 2.27. The summed E-state index contributed by atoms with van der Waals surface area (Å²) in [5, 5.41) is 9.89. The number of halogens is 1. The van der Waals surface area contributed by atoms with Gasteiger partial charge in [-0.2, -0.15) is 11.3 Å². The van der Waals surface area contributed by atoms with Gasteiger partial charge < -0.3 is 15.5 Å². The van der Waals surface area contributed by atoms with Gasteiger partial charge in [-0.1, -0.05) is 6.07 Å². The number of pyridine rings is 1. The lowest BCUT2D eigenvalue weighted by atomic mass is 10.0. The fourth-order valence-corrected chi connectivity index (χ4v) is 3.59. The highest BCUT2D eigenvalue weighted by molar-refractivity contribution is 7.08. The number of nitrogens with zero attached hydrogens (tertiary/aromatic N) is 2. The van der Waals surface area contributed by atoms with E-state index in [0.29, 0.717) is 31.5 Å². The zero-order valence-corrected chi connectivity index (χ0v) is 16.0. The predicted molar refractivity (Wildman–Crippen MR) is 105 cm³/mol. The summed E-state index contributed by atoms with van der Waals surface area (Å²) < 4.78 is 0. The summed E-state index contributed by atoms with van der Waals surface area (Å²) in [5.41, 5.74) is 1.73. The number of piperazine rings is 1. The second-order valence-corrected chi connectivity index (χ2v) is 6.74. The molecule has 1 aliphatic heterocycles. The van der Waals surface area contributed by atoms with E-state index in [9.17, 15) is 9.59 Å². The van der Waals surface area contributed by atoms with Crippen molar-refractivity contribution in [3.8, 4) is 0 Å². The Morgan fingerprint density at radius 1 is 1.38 bits per heavy atom. The Bertz CT molecular complexity index is 696. The van der Waals surface area contributed by atoms with E-state index in [4.69, 9.17) is 0 Å². The third-order valence-electron chi connectivity index (χ3n) is 4.27. The Morgan fingerprint density at radius 3 is 3.00 bits per heavy atom. The summed E-state index contributed by atoms with van der Waals surface area (Å²) in [5.74, 6) is 0.0456. The number of carbonyl (C=O) groups is 2. The van der Waals surface area contributed by atoms with Crippen LogP contribution in [0.15, 0.2) is 41.4 Å². The molecule has 0 bridgehead atoms. The molecule has 0 spiro atoms. The van der Waals surface area contributed by atoms with Crippen molar-refractivity contribution in [2.24, 2.45) is 0 Å². The molecular weight excluding hydrogens is 372 g/mol. The molecule has 1 unspecified atom stereocenters. The number of rotatable bonds is 6. The van der Waals surface area contributed by atoms with Gasteiger partial charge in [-0.15, -0.1) is 12.4 Å². The van der Waals surface area contributed by atoms with Crippen molar-refractivity contribution in [3.63, 3.8) is 0 Å². The molecule has 6 nitrogen and oxygen atoms in total. The van der Waals surface area contributed by atoms with Crippen LogP contribution >= 0.6 is 23.7 Å². The van der Waals surface area contributed by atoms with Gasteiger partial charge in [0, 0.05) is 55.9 Å². The van der Waals surface area contributed by atoms with Crippen molar-refractivity contribution < 1.29 is 9.59 Å². The van der Waals surface area contributed by atoms with Crippen LogP contribution in [0.1, 0.15) is 34.8 Å². The van der Waals surface area contributed by atoms with Gasteiger partial charge in [0.05, 0.1) is 6.04 Å². The quantitative estimate of drug-likeness (QED) is 0.737. The molecule has 3 rings (SSSR count). The van der Waals surface area contributed by atoms with E-state index in [0.717, 1.165) is 18.7 Å². The third-order valence-corrected chi connectivity index (χ3v) is 4.95. The number of hydrogen-bond acceptors (Lipinski definition) is 5. The summed E-state index contributed by atoms with van der Waals surface area (Å²) >= 11 is 1.50. The molecule has 0 aromatic carbocycles. The first-order valence-electron chi connectivity index (χ1n) is 8.46. The first-order chi connectivity index (χ1) is 12.3. The zero-order chi connectivity index (χ0) is 17.5. The second kappa shape index (κ2) is 10.3. The van der Waals surface area contributed by atoms with Crippen LogP contribution < -0.4 is 10.6 Å². The van der Waals surface area contributed by atoms with Gasteiger partial charge in [0.1, 0.15) is 0 Å². The number of aromatic nitrogens is 1. The number of amides is 2. The Labute approximate surface area is 163 Å². The first kappa shape index (κ1) is 20.4. The summed E-state index contributed by atoms with van der Waals surface area (Å²) in [6, 6.07) is 5.72. The predicted octanol–water partition coefficient (Wildman–Crippen LogP) is 2.25. The summed E-state index contributed by atoms with van der Waals surface area (Å²) in [7, 11) is 0. The molecule has 0 saturated carbocycles. The van der Waals surface area contributed by atoms with Crippen LogP contribution in [0.25, 0.3) is 0 Å². The van der Waals surface area contributed by atoms with E-state index in [-0.39, 0.29) is 30.3 Å². The smallest absolute Gasteiger partial charge is 0.252 e. The molecule has 1 aliphatic rings. The van der Waals surface area contributed by atoms with Gasteiger partial charge in [-0.05, 0) is 29.5 Å². The molecule has 2 aromatic heterocycles. The van der Waals surface area contributed by atoms with E-state index in [1.165, 1.54) is 11.3 Å². The van der Waals surface area contributed by atoms with Crippen molar-refractivity contribution in [1.29, 1.82) is 0 Å². The molecule has 8 heteroatoms. The lowest BCUT2D eigenvalue weighted by Crippen LogP contribution is -2.48. The van der Waals surface area contributed by atoms with Crippen molar-refractivity contribution in [2.45, 2.75) is 18.9 Å². The van der Waals surface area contributed by atoms with Crippen LogP contribution in [0.5, 0.6) is 0 Å². The number of hydrogen-bond donors (Lipinski definition) is 2. The molecule has 140 valence electrons. The Kier molecular flexibility index (Phi) is 8.03. The van der Waals surface area contributed by atoms with Gasteiger partial charge in [-0.3, -0.25) is 14.6 Å². The minimum atomic E-state index is -0.0795. The Morgan fingerprint density at radius 2 is 2.27 bits per heavy atom. The van der Waals surface area contributed by atoms with Crippen LogP contribution in [0.2, 0.25) is 0 Å². The topological polar surface area (TPSA) is 74.3 Å². The second-order valence-electron chi connectivity index (χ2n) is 5.96. The van der Waals surface area contributed by atoms with E-state index >= 15 is 0 Å². The fourth-order valence-electron chi connectivity index (χ4n) is 2.95. The van der Waals surface area contributed by atoms with E-state index in [1.807, 2.05) is 34.0 Å². The van der Waals surface area contributed by atoms with Gasteiger partial charge in [0.15, 0.2) is 0 Å². The highest BCUT2D eigenvalue weighted by atomic mass is 35.5. The van der Waals surface area contributed by atoms with Crippen LogP contribution in [-0.2, 0) is 4.79 Å². The standard InChI is InChI=1S/C18H22N4O2S.ClH/c23-17(4-2-7-21-18(24)15-5-10-25-13-15)22-9-8-20-12-16(22)14-3-1-6-19-11-14;/h1,3,5-6,10-11,13,16,20H,2,4,7-9,12H2,(H,21,24);1H. The average molecular weight is 395 g/mol. The van der Waals surface area contributed by atoms with Crippen LogP contribution in [-0.4, -0.2) is 47.9 Å². The molecule has 26 heavy (non-hydrogen) atoms. The fraction of sp³-hybridized carbons (Fsp3) is 0.389. The summed E-state index contributed by atoms with van der Waals surface area (Å²) in [6.07, 6.45) is 4.63. The molecule has 2 N–H and O–H groups in total. The van der Waals surface area contributed by atoms with E-state index in [1.54, 1.807) is 12.3 Å². The van der Waals surface area contributed by atoms with Crippen LogP contribution in [0, 0.1) is 0 Å². The molecule has 0 radical (unpaired) electrons. The molecule has 2 amide bonds. The molecule has 1 fully saturated rings. The van der Waals surface area contributed by atoms with Crippen LogP contribution in [0.4, 0.5) is 0 Å². The van der Waals surface area contributed by atoms with Gasteiger partial charge in [0.2, 0.25) is 5.91 Å². The van der Waals surface area contributed by atoms with Gasteiger partial charge in [-0.25, -0.2) is 0 Å². The third kappa shape index (κ3) is 5.27. The number of carbonyl (C=O) groups excluding carboxylic acids is 2.